The van der Waals surface area contributed by atoms with Crippen molar-refractivity contribution >= 4 is 42.3 Å². The van der Waals surface area contributed by atoms with Gasteiger partial charge in [-0.25, -0.2) is 3.97 Å². The summed E-state index contributed by atoms with van der Waals surface area (Å²) in [6.45, 7) is 4.74. The van der Waals surface area contributed by atoms with Crippen LogP contribution in [0.2, 0.25) is 0 Å². The van der Waals surface area contributed by atoms with E-state index in [4.69, 9.17) is 0 Å². The maximum absolute atomic E-state index is 13.4. The molecule has 0 radical (unpaired) electrons. The second-order valence-corrected chi connectivity index (χ2v) is 9.80. The molecule has 0 saturated carbocycles. The average molecular weight is 383 g/mol. The Morgan fingerprint density at radius 3 is 2.65 bits per heavy atom. The molecule has 1 aliphatic heterocycles. The minimum Gasteiger partial charge on any atom is -0.295 e. The van der Waals surface area contributed by atoms with Gasteiger partial charge in [0, 0.05) is 29.4 Å². The lowest BCUT2D eigenvalue weighted by Gasteiger charge is -2.25. The van der Waals surface area contributed by atoms with Crippen molar-refractivity contribution in [1.82, 2.24) is 8.87 Å². The highest BCUT2D eigenvalue weighted by Crippen LogP contribution is 2.36. The van der Waals surface area contributed by atoms with Gasteiger partial charge in [0.15, 0.2) is 0 Å². The molecule has 0 atom stereocenters. The number of aromatic nitrogens is 1. The monoisotopic (exact) mass is 382 g/mol. The predicted molar refractivity (Wildman–Crippen MR) is 106 cm³/mol. The highest BCUT2D eigenvalue weighted by atomic mass is 32.2. The fourth-order valence-electron chi connectivity index (χ4n) is 3.81. The fraction of sp³-hybridized carbons (Fsp3) is 0.200. The van der Waals surface area contributed by atoms with Crippen molar-refractivity contribution < 1.29 is 8.42 Å². The van der Waals surface area contributed by atoms with Crippen molar-refractivity contribution in [2.75, 3.05) is 6.54 Å². The summed E-state index contributed by atoms with van der Waals surface area (Å²) >= 11 is 1.33. The SMILES string of the molecule is CCN1Cc2cccc3c2c(cn3S(=O)(=O)c2cc3ccccc3s2)C1. The van der Waals surface area contributed by atoms with Crippen LogP contribution in [0.4, 0.5) is 0 Å². The van der Waals surface area contributed by atoms with E-state index in [1.807, 2.05) is 42.6 Å². The molecule has 0 saturated heterocycles. The molecule has 6 heteroatoms. The molecule has 0 unspecified atom stereocenters. The number of rotatable bonds is 3. The molecule has 1 aliphatic rings. The zero-order valence-electron chi connectivity index (χ0n) is 14.3. The van der Waals surface area contributed by atoms with Gasteiger partial charge in [-0.1, -0.05) is 37.3 Å². The number of nitrogens with zero attached hydrogens (tertiary/aromatic N) is 2. The van der Waals surface area contributed by atoms with Crippen LogP contribution in [0.5, 0.6) is 0 Å². The van der Waals surface area contributed by atoms with Gasteiger partial charge in [0.25, 0.3) is 10.0 Å². The summed E-state index contributed by atoms with van der Waals surface area (Å²) < 4.78 is 29.6. The van der Waals surface area contributed by atoms with Gasteiger partial charge in [0.05, 0.1) is 5.52 Å². The second-order valence-electron chi connectivity index (χ2n) is 6.67. The Morgan fingerprint density at radius 1 is 1.04 bits per heavy atom. The summed E-state index contributed by atoms with van der Waals surface area (Å²) in [5.41, 5.74) is 3.08. The van der Waals surface area contributed by atoms with Crippen LogP contribution < -0.4 is 0 Å². The molecule has 4 nitrogen and oxygen atoms in total. The van der Waals surface area contributed by atoms with Gasteiger partial charge in [-0.3, -0.25) is 4.90 Å². The minimum atomic E-state index is -3.61. The Kier molecular flexibility index (Phi) is 3.50. The van der Waals surface area contributed by atoms with Gasteiger partial charge in [0.1, 0.15) is 4.21 Å². The first kappa shape index (κ1) is 16.1. The van der Waals surface area contributed by atoms with Crippen LogP contribution in [-0.4, -0.2) is 23.8 Å². The number of benzene rings is 2. The van der Waals surface area contributed by atoms with Crippen LogP contribution in [0.1, 0.15) is 18.1 Å². The molecule has 2 aromatic carbocycles. The third-order valence-electron chi connectivity index (χ3n) is 5.11. The maximum Gasteiger partial charge on any atom is 0.277 e. The number of fused-ring (bicyclic) bond motifs is 1. The van der Waals surface area contributed by atoms with Gasteiger partial charge in [-0.15, -0.1) is 11.3 Å². The first-order valence-electron chi connectivity index (χ1n) is 8.66. The van der Waals surface area contributed by atoms with E-state index in [2.05, 4.69) is 17.9 Å². The molecule has 0 aliphatic carbocycles. The third kappa shape index (κ3) is 2.26. The van der Waals surface area contributed by atoms with Gasteiger partial charge in [0.2, 0.25) is 0 Å². The molecule has 26 heavy (non-hydrogen) atoms. The molecule has 0 bridgehead atoms. The lowest BCUT2D eigenvalue weighted by molar-refractivity contribution is 0.267. The van der Waals surface area contributed by atoms with E-state index in [1.165, 1.54) is 20.9 Å². The van der Waals surface area contributed by atoms with E-state index in [1.54, 1.807) is 6.07 Å². The van der Waals surface area contributed by atoms with Crippen LogP contribution in [-0.2, 0) is 23.1 Å². The number of hydrogen-bond acceptors (Lipinski definition) is 4. The molecular formula is C20H18N2O2S2. The number of thiophene rings is 1. The molecule has 4 aromatic rings. The summed E-state index contributed by atoms with van der Waals surface area (Å²) in [4.78, 5) is 2.33. The Balaban J connectivity index is 1.73. The molecule has 3 heterocycles. The highest BCUT2D eigenvalue weighted by molar-refractivity contribution is 7.92. The zero-order valence-corrected chi connectivity index (χ0v) is 16.0. The summed E-state index contributed by atoms with van der Waals surface area (Å²) in [7, 11) is -3.61. The van der Waals surface area contributed by atoms with Crippen LogP contribution >= 0.6 is 11.3 Å². The maximum atomic E-state index is 13.4. The van der Waals surface area contributed by atoms with E-state index in [-0.39, 0.29) is 0 Å². The second kappa shape index (κ2) is 5.67. The number of hydrogen-bond donors (Lipinski definition) is 0. The van der Waals surface area contributed by atoms with Crippen LogP contribution in [0, 0.1) is 0 Å². The van der Waals surface area contributed by atoms with Crippen LogP contribution in [0.3, 0.4) is 0 Å². The summed E-state index contributed by atoms with van der Waals surface area (Å²) in [6, 6.07) is 15.5. The standard InChI is InChI=1S/C20H18N2O2S2/c1-2-21-11-15-7-5-8-17-20(15)16(12-21)13-22(17)26(23,24)19-10-14-6-3-4-9-18(14)25-19/h3-10,13H,2,11-12H2,1H3. The molecule has 5 rings (SSSR count). The van der Waals surface area contributed by atoms with Gasteiger partial charge in [-0.05, 0) is 41.3 Å². The Morgan fingerprint density at radius 2 is 1.85 bits per heavy atom. The van der Waals surface area contributed by atoms with E-state index >= 15 is 0 Å². The third-order valence-corrected chi connectivity index (χ3v) is 8.35. The van der Waals surface area contributed by atoms with Crippen molar-refractivity contribution in [2.45, 2.75) is 24.2 Å². The van der Waals surface area contributed by atoms with E-state index in [0.29, 0.717) is 4.21 Å². The van der Waals surface area contributed by atoms with Crippen molar-refractivity contribution in [3.8, 4) is 0 Å². The summed E-state index contributed by atoms with van der Waals surface area (Å²) in [6.07, 6.45) is 1.82. The molecule has 2 aromatic heterocycles. The largest absolute Gasteiger partial charge is 0.295 e. The average Bonchev–Trinajstić information content (AvgIpc) is 3.25. The molecular weight excluding hydrogens is 364 g/mol. The first-order valence-corrected chi connectivity index (χ1v) is 10.9. The molecule has 0 spiro atoms. The smallest absolute Gasteiger partial charge is 0.277 e. The summed E-state index contributed by atoms with van der Waals surface area (Å²) in [5, 5.41) is 2.07. The van der Waals surface area contributed by atoms with E-state index in [0.717, 1.165) is 46.2 Å². The zero-order chi connectivity index (χ0) is 17.9. The molecule has 132 valence electrons. The van der Waals surface area contributed by atoms with Crippen LogP contribution in [0.15, 0.2) is 58.9 Å². The van der Waals surface area contributed by atoms with Gasteiger partial charge < -0.3 is 0 Å². The lowest BCUT2D eigenvalue weighted by Crippen LogP contribution is -2.25. The Hall–Kier alpha value is -2.15. The Labute approximate surface area is 156 Å². The normalized spacial score (nSPS) is 15.1. The quantitative estimate of drug-likeness (QED) is 0.526. The summed E-state index contributed by atoms with van der Waals surface area (Å²) in [5.74, 6) is 0. The molecule has 0 fully saturated rings. The van der Waals surface area contributed by atoms with Crippen molar-refractivity contribution in [3.63, 3.8) is 0 Å². The van der Waals surface area contributed by atoms with Gasteiger partial charge in [-0.2, -0.15) is 8.42 Å². The van der Waals surface area contributed by atoms with Crippen molar-refractivity contribution in [3.05, 3.63) is 65.9 Å². The molecule has 0 N–H and O–H groups in total. The predicted octanol–water partition coefficient (Wildman–Crippen LogP) is 4.43. The first-order chi connectivity index (χ1) is 12.6. The van der Waals surface area contributed by atoms with Gasteiger partial charge >= 0.3 is 0 Å². The van der Waals surface area contributed by atoms with Crippen molar-refractivity contribution in [1.29, 1.82) is 0 Å². The van der Waals surface area contributed by atoms with E-state index in [9.17, 15) is 8.42 Å². The molecule has 0 amide bonds. The van der Waals surface area contributed by atoms with E-state index < -0.39 is 10.0 Å². The van der Waals surface area contributed by atoms with Crippen molar-refractivity contribution in [2.24, 2.45) is 0 Å². The minimum absolute atomic E-state index is 0.388. The fourth-order valence-corrected chi connectivity index (χ4v) is 6.68. The van der Waals surface area contributed by atoms with Crippen LogP contribution in [0.25, 0.3) is 21.0 Å². The Bertz CT molecular complexity index is 1220. The topological polar surface area (TPSA) is 42.3 Å². The lowest BCUT2D eigenvalue weighted by atomic mass is 10.0. The highest BCUT2D eigenvalue weighted by Gasteiger charge is 2.27.